The summed E-state index contributed by atoms with van der Waals surface area (Å²) in [6.07, 6.45) is 8.26. The fraction of sp³-hybridized carbons (Fsp3) is 0.444. The zero-order valence-corrected chi connectivity index (χ0v) is 6.17. The molecule has 1 aliphatic rings. The lowest BCUT2D eigenvalue weighted by Crippen LogP contribution is -1.96. The molecule has 0 saturated heterocycles. The summed E-state index contributed by atoms with van der Waals surface area (Å²) in [4.78, 5) is 0. The van der Waals surface area contributed by atoms with E-state index in [0.717, 1.165) is 12.0 Å². The Hall–Kier alpha value is -1.03. The summed E-state index contributed by atoms with van der Waals surface area (Å²) in [5, 5.41) is 8.48. The highest BCUT2D eigenvalue weighted by atomic mass is 14.2. The van der Waals surface area contributed by atoms with E-state index in [4.69, 9.17) is 5.26 Å². The summed E-state index contributed by atoms with van der Waals surface area (Å²) in [5.74, 6) is 0.664. The summed E-state index contributed by atoms with van der Waals surface area (Å²) < 4.78 is 0. The summed E-state index contributed by atoms with van der Waals surface area (Å²) in [5.41, 5.74) is 0.810. The molecule has 0 N–H and O–H groups in total. The average molecular weight is 133 g/mol. The maximum absolute atomic E-state index is 8.48. The van der Waals surface area contributed by atoms with Gasteiger partial charge in [-0.2, -0.15) is 5.26 Å². The molecule has 0 fully saturated rings. The zero-order chi connectivity index (χ0) is 7.40. The van der Waals surface area contributed by atoms with Crippen LogP contribution in [0.4, 0.5) is 0 Å². The first-order valence-electron chi connectivity index (χ1n) is 3.65. The van der Waals surface area contributed by atoms with Crippen LogP contribution in [0.5, 0.6) is 0 Å². The van der Waals surface area contributed by atoms with Crippen LogP contribution in [0.2, 0.25) is 0 Å². The minimum Gasteiger partial charge on any atom is -0.192 e. The van der Waals surface area contributed by atoms with E-state index in [-0.39, 0.29) is 0 Å². The van der Waals surface area contributed by atoms with Crippen molar-refractivity contribution >= 4 is 0 Å². The van der Waals surface area contributed by atoms with Crippen LogP contribution in [0.1, 0.15) is 19.8 Å². The van der Waals surface area contributed by atoms with Gasteiger partial charge in [0.05, 0.1) is 6.07 Å². The number of allylic oxidation sites excluding steroid dienone is 4. The van der Waals surface area contributed by atoms with Crippen molar-refractivity contribution in [3.63, 3.8) is 0 Å². The number of nitriles is 1. The second-order valence-electron chi connectivity index (χ2n) is 2.53. The first-order valence-corrected chi connectivity index (χ1v) is 3.65. The Labute approximate surface area is 61.7 Å². The van der Waals surface area contributed by atoms with Crippen LogP contribution in [-0.4, -0.2) is 0 Å². The highest BCUT2D eigenvalue weighted by Gasteiger charge is 2.04. The number of nitrogens with zero attached hydrogens (tertiary/aromatic N) is 1. The number of hydrogen-bond acceptors (Lipinski definition) is 1. The summed E-state index contributed by atoms with van der Waals surface area (Å²) in [6, 6.07) is 2.12. The second-order valence-corrected chi connectivity index (χ2v) is 2.53. The maximum Gasteiger partial charge on any atom is 0.0988 e. The van der Waals surface area contributed by atoms with Gasteiger partial charge in [-0.25, -0.2) is 0 Å². The third-order valence-corrected chi connectivity index (χ3v) is 1.84. The van der Waals surface area contributed by atoms with Gasteiger partial charge in [0.2, 0.25) is 0 Å². The largest absolute Gasteiger partial charge is 0.192 e. The Morgan fingerprint density at radius 3 is 3.00 bits per heavy atom. The third-order valence-electron chi connectivity index (χ3n) is 1.84. The Morgan fingerprint density at radius 1 is 1.80 bits per heavy atom. The van der Waals surface area contributed by atoms with Crippen molar-refractivity contribution in [3.05, 3.63) is 23.8 Å². The van der Waals surface area contributed by atoms with Gasteiger partial charge in [0.15, 0.2) is 0 Å². The van der Waals surface area contributed by atoms with Gasteiger partial charge in [0.25, 0.3) is 0 Å². The molecule has 1 atom stereocenters. The van der Waals surface area contributed by atoms with Crippen LogP contribution >= 0.6 is 0 Å². The molecule has 0 radical (unpaired) electrons. The lowest BCUT2D eigenvalue weighted by atomic mass is 9.95. The van der Waals surface area contributed by atoms with Crippen molar-refractivity contribution < 1.29 is 0 Å². The van der Waals surface area contributed by atoms with Crippen molar-refractivity contribution in [1.82, 2.24) is 0 Å². The third kappa shape index (κ3) is 1.48. The molecule has 0 saturated carbocycles. The molecule has 1 unspecified atom stereocenters. The van der Waals surface area contributed by atoms with Gasteiger partial charge in [-0.15, -0.1) is 0 Å². The van der Waals surface area contributed by atoms with Crippen LogP contribution in [-0.2, 0) is 0 Å². The molecule has 52 valence electrons. The minimum atomic E-state index is 0.664. The molecule has 0 amide bonds. The van der Waals surface area contributed by atoms with Gasteiger partial charge in [0.1, 0.15) is 0 Å². The molecule has 0 bridgehead atoms. The van der Waals surface area contributed by atoms with E-state index in [1.165, 1.54) is 6.42 Å². The molecule has 0 aromatic rings. The van der Waals surface area contributed by atoms with E-state index in [2.05, 4.69) is 19.1 Å². The smallest absolute Gasteiger partial charge is 0.0988 e. The van der Waals surface area contributed by atoms with E-state index in [9.17, 15) is 0 Å². The Balaban J connectivity index is 2.57. The minimum absolute atomic E-state index is 0.664. The van der Waals surface area contributed by atoms with Crippen molar-refractivity contribution in [2.24, 2.45) is 5.92 Å². The predicted octanol–water partition coefficient (Wildman–Crippen LogP) is 2.42. The van der Waals surface area contributed by atoms with E-state index < -0.39 is 0 Å². The van der Waals surface area contributed by atoms with Crippen molar-refractivity contribution in [2.45, 2.75) is 19.8 Å². The molecule has 10 heavy (non-hydrogen) atoms. The summed E-state index contributed by atoms with van der Waals surface area (Å²) >= 11 is 0. The van der Waals surface area contributed by atoms with Crippen LogP contribution in [0.25, 0.3) is 0 Å². The molecule has 0 aliphatic heterocycles. The molecular formula is C9H11N. The van der Waals surface area contributed by atoms with Crippen molar-refractivity contribution in [2.75, 3.05) is 0 Å². The van der Waals surface area contributed by atoms with Gasteiger partial charge in [-0.05, 0) is 24.8 Å². The lowest BCUT2D eigenvalue weighted by molar-refractivity contribution is 0.631. The van der Waals surface area contributed by atoms with Crippen LogP contribution in [0, 0.1) is 17.2 Å². The van der Waals surface area contributed by atoms with Gasteiger partial charge in [0, 0.05) is 5.57 Å². The van der Waals surface area contributed by atoms with Gasteiger partial charge < -0.3 is 0 Å². The fourth-order valence-electron chi connectivity index (χ4n) is 1.05. The molecule has 1 aliphatic carbocycles. The van der Waals surface area contributed by atoms with Crippen LogP contribution in [0.15, 0.2) is 23.8 Å². The number of rotatable bonds is 1. The fourth-order valence-corrected chi connectivity index (χ4v) is 1.05. The van der Waals surface area contributed by atoms with E-state index in [1.54, 1.807) is 0 Å². The average Bonchev–Trinajstić information content (AvgIpc) is 2.05. The SMILES string of the molecule is CCC1C=CC(C#N)=CC1. The molecule has 0 spiro atoms. The lowest BCUT2D eigenvalue weighted by Gasteiger charge is -2.09. The topological polar surface area (TPSA) is 23.8 Å². The normalized spacial score (nSPS) is 23.6. The van der Waals surface area contributed by atoms with E-state index in [1.807, 2.05) is 12.2 Å². The standard InChI is InChI=1S/C9H11N/c1-2-8-3-5-9(7-10)6-4-8/h3,5-6,8H,2,4H2,1H3. The molecule has 0 heterocycles. The Morgan fingerprint density at radius 2 is 2.60 bits per heavy atom. The monoisotopic (exact) mass is 133 g/mol. The zero-order valence-electron chi connectivity index (χ0n) is 6.17. The highest BCUT2D eigenvalue weighted by Crippen LogP contribution is 2.17. The maximum atomic E-state index is 8.48. The van der Waals surface area contributed by atoms with Gasteiger partial charge in [-0.1, -0.05) is 19.1 Å². The predicted molar refractivity (Wildman–Crippen MR) is 41.2 cm³/mol. The summed E-state index contributed by atoms with van der Waals surface area (Å²) in [6.45, 7) is 2.17. The molecule has 1 heteroatoms. The van der Waals surface area contributed by atoms with Crippen molar-refractivity contribution in [1.29, 1.82) is 5.26 Å². The van der Waals surface area contributed by atoms with Gasteiger partial charge in [-0.3, -0.25) is 0 Å². The first-order chi connectivity index (χ1) is 4.86. The molecule has 1 nitrogen and oxygen atoms in total. The first kappa shape index (κ1) is 7.08. The van der Waals surface area contributed by atoms with E-state index >= 15 is 0 Å². The highest BCUT2D eigenvalue weighted by molar-refractivity contribution is 5.35. The van der Waals surface area contributed by atoms with Gasteiger partial charge >= 0.3 is 0 Å². The Bertz CT molecular complexity index is 205. The molecule has 1 rings (SSSR count). The quantitative estimate of drug-likeness (QED) is 0.539. The summed E-state index contributed by atoms with van der Waals surface area (Å²) in [7, 11) is 0. The second kappa shape index (κ2) is 3.22. The van der Waals surface area contributed by atoms with E-state index in [0.29, 0.717) is 5.92 Å². The van der Waals surface area contributed by atoms with Crippen LogP contribution < -0.4 is 0 Å². The molecule has 0 aromatic heterocycles. The molecular weight excluding hydrogens is 122 g/mol. The van der Waals surface area contributed by atoms with Crippen molar-refractivity contribution in [3.8, 4) is 6.07 Å². The molecule has 0 aromatic carbocycles. The Kier molecular flexibility index (Phi) is 2.28. The number of hydrogen-bond donors (Lipinski definition) is 0. The van der Waals surface area contributed by atoms with Crippen LogP contribution in [0.3, 0.4) is 0 Å².